The second kappa shape index (κ2) is 22.9. The van der Waals surface area contributed by atoms with Crippen LogP contribution in [0.3, 0.4) is 0 Å². The Bertz CT molecular complexity index is 140. The van der Waals surface area contributed by atoms with Gasteiger partial charge in [0.15, 0.2) is 0 Å². The van der Waals surface area contributed by atoms with Crippen LogP contribution in [0, 0.1) is 0 Å². The molecule has 0 aromatic heterocycles. The van der Waals surface area contributed by atoms with E-state index in [1.165, 1.54) is 96.3 Å². The number of unbranched alkanes of at least 4 members (excludes halogenated alkanes) is 15. The summed E-state index contributed by atoms with van der Waals surface area (Å²) < 4.78 is 0. The van der Waals surface area contributed by atoms with Crippen LogP contribution in [0.15, 0.2) is 0 Å². The summed E-state index contributed by atoms with van der Waals surface area (Å²) in [6, 6.07) is 0. The van der Waals surface area contributed by atoms with Crippen molar-refractivity contribution < 1.29 is 57.9 Å². The van der Waals surface area contributed by atoms with Crippen molar-refractivity contribution >= 4 is 0 Å². The van der Waals surface area contributed by atoms with Gasteiger partial charge in [0.1, 0.15) is 0 Å². The molecule has 0 amide bonds. The van der Waals surface area contributed by atoms with Crippen LogP contribution in [0.25, 0.3) is 0 Å². The standard InChI is InChI=1S/C18H38O.K.H/c1-2-3-4-5-6-7-8-9-10-11-12-13-14-15-16-17-18-19;;/h19H,2-18H2,1H3;;/q;+1;-1. The van der Waals surface area contributed by atoms with Crippen molar-refractivity contribution in [3.63, 3.8) is 0 Å². The Kier molecular flexibility index (Phi) is 27.3. The fourth-order valence-corrected chi connectivity index (χ4v) is 2.66. The van der Waals surface area contributed by atoms with Crippen molar-refractivity contribution in [2.45, 2.75) is 110 Å². The first-order valence-electron chi connectivity index (χ1n) is 9.02. The average Bonchev–Trinajstić information content (AvgIpc) is 2.43. The minimum Gasteiger partial charge on any atom is -1.00 e. The van der Waals surface area contributed by atoms with Gasteiger partial charge in [-0.3, -0.25) is 0 Å². The van der Waals surface area contributed by atoms with Crippen molar-refractivity contribution in [3.8, 4) is 0 Å². The van der Waals surface area contributed by atoms with Crippen LogP contribution in [-0.2, 0) is 0 Å². The Morgan fingerprint density at radius 3 is 1.00 bits per heavy atom. The van der Waals surface area contributed by atoms with Crippen molar-refractivity contribution in [3.05, 3.63) is 0 Å². The maximum absolute atomic E-state index is 8.67. The summed E-state index contributed by atoms with van der Waals surface area (Å²) in [4.78, 5) is 0. The Hall–Kier alpha value is 1.60. The molecule has 0 bridgehead atoms. The van der Waals surface area contributed by atoms with E-state index < -0.39 is 0 Å². The van der Waals surface area contributed by atoms with Gasteiger partial charge in [0, 0.05) is 6.61 Å². The predicted octanol–water partition coefficient (Wildman–Crippen LogP) is 3.36. The first kappa shape index (κ1) is 23.9. The smallest absolute Gasteiger partial charge is 1.00 e. The van der Waals surface area contributed by atoms with Crippen LogP contribution >= 0.6 is 0 Å². The van der Waals surface area contributed by atoms with E-state index >= 15 is 0 Å². The Balaban J connectivity index is -0.00000162. The van der Waals surface area contributed by atoms with Gasteiger partial charge >= 0.3 is 51.4 Å². The van der Waals surface area contributed by atoms with Gasteiger partial charge in [0.25, 0.3) is 0 Å². The molecule has 0 aliphatic heterocycles. The van der Waals surface area contributed by atoms with Gasteiger partial charge in [-0.05, 0) is 6.42 Å². The van der Waals surface area contributed by atoms with E-state index in [1.807, 2.05) is 0 Å². The summed E-state index contributed by atoms with van der Waals surface area (Å²) in [5.41, 5.74) is 0. The zero-order valence-corrected chi connectivity index (χ0v) is 17.6. The zero-order valence-electron chi connectivity index (χ0n) is 15.5. The number of aliphatic hydroxyl groups is 1. The number of aliphatic hydroxyl groups excluding tert-OH is 1. The summed E-state index contributed by atoms with van der Waals surface area (Å²) >= 11 is 0. The summed E-state index contributed by atoms with van der Waals surface area (Å²) in [6.45, 7) is 2.66. The third kappa shape index (κ3) is 21.9. The van der Waals surface area contributed by atoms with E-state index in [0.29, 0.717) is 6.61 Å². The van der Waals surface area contributed by atoms with E-state index in [4.69, 9.17) is 5.11 Å². The van der Waals surface area contributed by atoms with Crippen molar-refractivity contribution in [1.82, 2.24) is 0 Å². The van der Waals surface area contributed by atoms with Crippen LogP contribution in [0.1, 0.15) is 111 Å². The van der Waals surface area contributed by atoms with Crippen LogP contribution in [-0.4, -0.2) is 11.7 Å². The SMILES string of the molecule is CCCCCCCCCCCCCCCCCCO.[H-].[K+]. The number of rotatable bonds is 16. The van der Waals surface area contributed by atoms with Gasteiger partial charge in [-0.15, -0.1) is 0 Å². The molecule has 0 spiro atoms. The normalized spacial score (nSPS) is 10.5. The monoisotopic (exact) mass is 310 g/mol. The molecule has 0 aromatic rings. The van der Waals surface area contributed by atoms with E-state index in [1.54, 1.807) is 0 Å². The maximum Gasteiger partial charge on any atom is 1.00 e. The molecule has 0 aliphatic rings. The molecule has 1 nitrogen and oxygen atoms in total. The summed E-state index contributed by atoms with van der Waals surface area (Å²) in [7, 11) is 0. The van der Waals surface area contributed by atoms with Gasteiger partial charge in [-0.25, -0.2) is 0 Å². The molecule has 118 valence electrons. The molecular formula is C18H39KO. The van der Waals surface area contributed by atoms with Gasteiger partial charge in [0.05, 0.1) is 0 Å². The second-order valence-corrected chi connectivity index (χ2v) is 6.03. The molecule has 0 unspecified atom stereocenters. The molecule has 0 saturated carbocycles. The van der Waals surface area contributed by atoms with Crippen LogP contribution in [0.4, 0.5) is 0 Å². The molecule has 0 rings (SSSR count). The van der Waals surface area contributed by atoms with Gasteiger partial charge in [0.2, 0.25) is 0 Å². The number of hydrogen-bond acceptors (Lipinski definition) is 1. The second-order valence-electron chi connectivity index (χ2n) is 6.03. The quantitative estimate of drug-likeness (QED) is 0.342. The van der Waals surface area contributed by atoms with E-state index in [2.05, 4.69) is 6.92 Å². The largest absolute Gasteiger partial charge is 1.00 e. The third-order valence-corrected chi connectivity index (χ3v) is 4.01. The van der Waals surface area contributed by atoms with E-state index in [0.717, 1.165) is 6.42 Å². The summed E-state index contributed by atoms with van der Waals surface area (Å²) in [6.07, 6.45) is 22.2. The van der Waals surface area contributed by atoms with Gasteiger partial charge in [-0.1, -0.05) is 103 Å². The Morgan fingerprint density at radius 2 is 0.750 bits per heavy atom. The van der Waals surface area contributed by atoms with Crippen LogP contribution < -0.4 is 51.4 Å². The first-order chi connectivity index (χ1) is 9.41. The fourth-order valence-electron chi connectivity index (χ4n) is 2.66. The van der Waals surface area contributed by atoms with E-state index in [9.17, 15) is 0 Å². The zero-order chi connectivity index (χ0) is 14.0. The van der Waals surface area contributed by atoms with Crippen molar-refractivity contribution in [2.75, 3.05) is 6.61 Å². The minimum absolute atomic E-state index is 0. The molecule has 0 saturated heterocycles. The molecule has 1 N–H and O–H groups in total. The van der Waals surface area contributed by atoms with Crippen LogP contribution in [0.2, 0.25) is 0 Å². The topological polar surface area (TPSA) is 20.2 Å². The third-order valence-electron chi connectivity index (χ3n) is 4.01. The fraction of sp³-hybridized carbons (Fsp3) is 1.00. The minimum atomic E-state index is 0. The van der Waals surface area contributed by atoms with Crippen molar-refractivity contribution in [1.29, 1.82) is 0 Å². The van der Waals surface area contributed by atoms with E-state index in [-0.39, 0.29) is 52.8 Å². The Labute approximate surface area is 172 Å². The Morgan fingerprint density at radius 1 is 0.500 bits per heavy atom. The van der Waals surface area contributed by atoms with Gasteiger partial charge in [-0.2, -0.15) is 0 Å². The van der Waals surface area contributed by atoms with Gasteiger partial charge < -0.3 is 6.53 Å². The maximum atomic E-state index is 8.67. The summed E-state index contributed by atoms with van der Waals surface area (Å²) in [5, 5.41) is 8.67. The molecule has 0 aliphatic carbocycles. The molecule has 0 radical (unpaired) electrons. The molecule has 0 fully saturated rings. The molecule has 2 heteroatoms. The molecule has 0 heterocycles. The number of hydrogen-bond donors (Lipinski definition) is 1. The molecular weight excluding hydrogens is 271 g/mol. The van der Waals surface area contributed by atoms with Crippen molar-refractivity contribution in [2.24, 2.45) is 0 Å². The first-order valence-corrected chi connectivity index (χ1v) is 9.02. The molecule has 0 aromatic carbocycles. The molecule has 0 atom stereocenters. The van der Waals surface area contributed by atoms with Crippen LogP contribution in [0.5, 0.6) is 0 Å². The average molecular weight is 311 g/mol. The molecule has 20 heavy (non-hydrogen) atoms. The predicted molar refractivity (Wildman–Crippen MR) is 87.7 cm³/mol. The summed E-state index contributed by atoms with van der Waals surface area (Å²) in [5.74, 6) is 0.